The summed E-state index contributed by atoms with van der Waals surface area (Å²) in [6.45, 7) is 4.54. The van der Waals surface area contributed by atoms with Crippen LogP contribution < -0.4 is 11.0 Å². The number of fused-ring (bicyclic) bond motifs is 1. The van der Waals surface area contributed by atoms with Gasteiger partial charge in [-0.2, -0.15) is 0 Å². The molecule has 0 unspecified atom stereocenters. The Morgan fingerprint density at radius 2 is 2.38 bits per heavy atom. The minimum Gasteiger partial charge on any atom is -0.317 e. The lowest BCUT2D eigenvalue weighted by atomic mass is 10.4. The number of rotatable bonds is 5. The molecule has 0 amide bonds. The van der Waals surface area contributed by atoms with E-state index in [0.29, 0.717) is 12.2 Å². The Morgan fingerprint density at radius 3 is 3.12 bits per heavy atom. The van der Waals surface area contributed by atoms with Gasteiger partial charge in [0.05, 0.1) is 6.20 Å². The van der Waals surface area contributed by atoms with Crippen molar-refractivity contribution in [3.8, 4) is 0 Å². The van der Waals surface area contributed by atoms with Crippen LogP contribution in [0.3, 0.4) is 0 Å². The van der Waals surface area contributed by atoms with E-state index in [0.717, 1.165) is 19.5 Å². The molecule has 0 bridgehead atoms. The molecular weight excluding hydrogens is 206 g/mol. The van der Waals surface area contributed by atoms with Crippen LogP contribution in [0.15, 0.2) is 23.4 Å². The second kappa shape index (κ2) is 4.89. The van der Waals surface area contributed by atoms with Gasteiger partial charge >= 0.3 is 5.69 Å². The number of aryl methyl sites for hydroxylation is 1. The average Bonchev–Trinajstić information content (AvgIpc) is 2.63. The molecule has 2 rings (SSSR count). The molecule has 86 valence electrons. The van der Waals surface area contributed by atoms with Gasteiger partial charge in [0.2, 0.25) is 0 Å². The first-order valence-corrected chi connectivity index (χ1v) is 5.43. The third-order valence-corrected chi connectivity index (χ3v) is 2.36. The third-order valence-electron chi connectivity index (χ3n) is 2.36. The van der Waals surface area contributed by atoms with Gasteiger partial charge in [0.25, 0.3) is 0 Å². The summed E-state index contributed by atoms with van der Waals surface area (Å²) < 4.78 is 2.98. The first-order valence-electron chi connectivity index (χ1n) is 5.43. The Balaban J connectivity index is 2.13. The van der Waals surface area contributed by atoms with E-state index in [-0.39, 0.29) is 5.69 Å². The third kappa shape index (κ3) is 2.11. The Labute approximate surface area is 92.9 Å². The molecule has 16 heavy (non-hydrogen) atoms. The van der Waals surface area contributed by atoms with Gasteiger partial charge < -0.3 is 5.32 Å². The topological polar surface area (TPSA) is 64.2 Å². The first kappa shape index (κ1) is 10.8. The van der Waals surface area contributed by atoms with Gasteiger partial charge in [0, 0.05) is 18.9 Å². The minimum atomic E-state index is -0.103. The van der Waals surface area contributed by atoms with E-state index in [4.69, 9.17) is 0 Å². The van der Waals surface area contributed by atoms with Crippen molar-refractivity contribution < 1.29 is 0 Å². The van der Waals surface area contributed by atoms with Gasteiger partial charge in [-0.3, -0.25) is 4.98 Å². The number of nitrogens with one attached hydrogen (secondary N) is 1. The fraction of sp³-hybridized carbons (Fsp3) is 0.500. The highest BCUT2D eigenvalue weighted by molar-refractivity contribution is 5.31. The fourth-order valence-electron chi connectivity index (χ4n) is 1.56. The van der Waals surface area contributed by atoms with E-state index >= 15 is 0 Å². The SMILES string of the molecule is CCNCCCn1nc2cnccn2c1=O. The van der Waals surface area contributed by atoms with Crippen molar-refractivity contribution in [2.24, 2.45) is 0 Å². The molecule has 6 nitrogen and oxygen atoms in total. The maximum atomic E-state index is 11.8. The predicted octanol–water partition coefficient (Wildman–Crippen LogP) is -0.109. The fourth-order valence-corrected chi connectivity index (χ4v) is 1.56. The Hall–Kier alpha value is -1.69. The van der Waals surface area contributed by atoms with Crippen molar-refractivity contribution in [3.63, 3.8) is 0 Å². The lowest BCUT2D eigenvalue weighted by Crippen LogP contribution is -2.23. The number of nitrogens with zero attached hydrogens (tertiary/aromatic N) is 4. The number of hydrogen-bond donors (Lipinski definition) is 1. The molecule has 0 saturated carbocycles. The summed E-state index contributed by atoms with van der Waals surface area (Å²) in [4.78, 5) is 15.7. The van der Waals surface area contributed by atoms with Crippen molar-refractivity contribution in [1.29, 1.82) is 0 Å². The van der Waals surface area contributed by atoms with Gasteiger partial charge in [-0.1, -0.05) is 6.92 Å². The Kier molecular flexibility index (Phi) is 3.31. The summed E-state index contributed by atoms with van der Waals surface area (Å²) in [7, 11) is 0. The number of hydrogen-bond acceptors (Lipinski definition) is 4. The molecule has 0 aliphatic heterocycles. The van der Waals surface area contributed by atoms with Gasteiger partial charge in [0.15, 0.2) is 5.65 Å². The number of aromatic nitrogens is 4. The van der Waals surface area contributed by atoms with Gasteiger partial charge in [-0.05, 0) is 19.5 Å². The van der Waals surface area contributed by atoms with Crippen LogP contribution in [0.4, 0.5) is 0 Å². The molecule has 2 aromatic rings. The van der Waals surface area contributed by atoms with Gasteiger partial charge in [-0.25, -0.2) is 13.9 Å². The second-order valence-electron chi connectivity index (χ2n) is 3.52. The molecule has 0 radical (unpaired) electrons. The monoisotopic (exact) mass is 221 g/mol. The van der Waals surface area contributed by atoms with Crippen LogP contribution in [0.2, 0.25) is 0 Å². The summed E-state index contributed by atoms with van der Waals surface area (Å²) in [6, 6.07) is 0. The van der Waals surface area contributed by atoms with Crippen molar-refractivity contribution in [1.82, 2.24) is 24.5 Å². The largest absolute Gasteiger partial charge is 0.350 e. The molecule has 0 aliphatic carbocycles. The van der Waals surface area contributed by atoms with Crippen LogP contribution in [0.25, 0.3) is 5.65 Å². The maximum absolute atomic E-state index is 11.8. The summed E-state index contributed by atoms with van der Waals surface area (Å²) in [5, 5.41) is 7.40. The molecule has 1 N–H and O–H groups in total. The Morgan fingerprint density at radius 1 is 1.50 bits per heavy atom. The molecule has 0 atom stereocenters. The van der Waals surface area contributed by atoms with E-state index in [2.05, 4.69) is 22.3 Å². The highest BCUT2D eigenvalue weighted by Crippen LogP contribution is 1.92. The maximum Gasteiger partial charge on any atom is 0.350 e. The van der Waals surface area contributed by atoms with Crippen molar-refractivity contribution >= 4 is 5.65 Å². The summed E-state index contributed by atoms with van der Waals surface area (Å²) >= 11 is 0. The zero-order chi connectivity index (χ0) is 11.4. The molecule has 0 spiro atoms. The lowest BCUT2D eigenvalue weighted by molar-refractivity contribution is 0.537. The van der Waals surface area contributed by atoms with Crippen molar-refractivity contribution in [2.75, 3.05) is 13.1 Å². The lowest BCUT2D eigenvalue weighted by Gasteiger charge is -2.00. The summed E-state index contributed by atoms with van der Waals surface area (Å²) in [6.07, 6.45) is 5.69. The first-order chi connectivity index (χ1) is 7.83. The molecule has 0 fully saturated rings. The quantitative estimate of drug-likeness (QED) is 0.716. The van der Waals surface area contributed by atoms with Crippen LogP contribution in [-0.2, 0) is 6.54 Å². The standard InChI is InChI=1S/C10H15N5O/c1-2-11-4-3-6-15-10(16)14-7-5-12-8-9(14)13-15/h5,7-8,11H,2-4,6H2,1H3. The van der Waals surface area contributed by atoms with Crippen molar-refractivity contribution in [2.45, 2.75) is 19.9 Å². The summed E-state index contributed by atoms with van der Waals surface area (Å²) in [5.41, 5.74) is 0.491. The molecular formula is C10H15N5O. The van der Waals surface area contributed by atoms with E-state index in [1.54, 1.807) is 18.6 Å². The zero-order valence-corrected chi connectivity index (χ0v) is 9.26. The van der Waals surface area contributed by atoms with E-state index in [1.165, 1.54) is 9.08 Å². The smallest absolute Gasteiger partial charge is 0.317 e. The normalized spacial score (nSPS) is 11.1. The van der Waals surface area contributed by atoms with Crippen LogP contribution >= 0.6 is 0 Å². The minimum absolute atomic E-state index is 0.103. The van der Waals surface area contributed by atoms with E-state index in [1.807, 2.05) is 0 Å². The van der Waals surface area contributed by atoms with Crippen LogP contribution in [0.5, 0.6) is 0 Å². The van der Waals surface area contributed by atoms with Crippen LogP contribution in [0, 0.1) is 0 Å². The highest BCUT2D eigenvalue weighted by atomic mass is 16.2. The van der Waals surface area contributed by atoms with Gasteiger partial charge in [0.1, 0.15) is 0 Å². The second-order valence-corrected chi connectivity index (χ2v) is 3.52. The van der Waals surface area contributed by atoms with Crippen molar-refractivity contribution in [3.05, 3.63) is 29.1 Å². The highest BCUT2D eigenvalue weighted by Gasteiger charge is 2.04. The summed E-state index contributed by atoms with van der Waals surface area (Å²) in [5.74, 6) is 0. The molecule has 0 aromatic carbocycles. The van der Waals surface area contributed by atoms with Crippen LogP contribution in [0.1, 0.15) is 13.3 Å². The molecule has 0 saturated heterocycles. The van der Waals surface area contributed by atoms with Gasteiger partial charge in [-0.15, -0.1) is 5.10 Å². The molecule has 6 heteroatoms. The average molecular weight is 221 g/mol. The predicted molar refractivity (Wildman–Crippen MR) is 60.4 cm³/mol. The van der Waals surface area contributed by atoms with E-state index < -0.39 is 0 Å². The van der Waals surface area contributed by atoms with E-state index in [9.17, 15) is 4.79 Å². The Bertz CT molecular complexity index is 515. The zero-order valence-electron chi connectivity index (χ0n) is 9.26. The van der Waals surface area contributed by atoms with Crippen LogP contribution in [-0.4, -0.2) is 32.3 Å². The molecule has 0 aliphatic rings. The molecule has 2 heterocycles. The molecule has 2 aromatic heterocycles.